The Morgan fingerprint density at radius 2 is 1.93 bits per heavy atom. The van der Waals surface area contributed by atoms with E-state index in [-0.39, 0.29) is 28.7 Å². The van der Waals surface area contributed by atoms with Gasteiger partial charge in [-0.3, -0.25) is 20.2 Å². The molecule has 4 aliphatic rings. The second kappa shape index (κ2) is 6.69. The molecule has 5 rings (SSSR count). The van der Waals surface area contributed by atoms with Crippen molar-refractivity contribution in [3.63, 3.8) is 0 Å². The van der Waals surface area contributed by atoms with Crippen LogP contribution in [-0.2, 0) is 20.9 Å². The number of carbonyl (C=O) groups is 3. The second-order valence-electron chi connectivity index (χ2n) is 7.94. The Bertz CT molecular complexity index is 988. The van der Waals surface area contributed by atoms with E-state index < -0.39 is 29.1 Å². The number of hydrogen-bond donors (Lipinski definition) is 4. The zero-order valence-corrected chi connectivity index (χ0v) is 17.4. The number of carbonyl (C=O) groups excluding carboxylic acids is 3. The van der Waals surface area contributed by atoms with Gasteiger partial charge in [0.05, 0.1) is 0 Å². The molecule has 0 aromatic heterocycles. The Kier molecular flexibility index (Phi) is 4.31. The van der Waals surface area contributed by atoms with Crippen LogP contribution in [0.2, 0.25) is 0 Å². The summed E-state index contributed by atoms with van der Waals surface area (Å²) >= 11 is 10.5. The molecule has 0 unspecified atom stereocenters. The van der Waals surface area contributed by atoms with Crippen molar-refractivity contribution in [2.45, 2.75) is 30.7 Å². The Hall–Kier alpha value is -2.63. The van der Waals surface area contributed by atoms with Crippen molar-refractivity contribution < 1.29 is 19.1 Å². The number of hydrogen-bond acceptors (Lipinski definition) is 7. The van der Waals surface area contributed by atoms with Gasteiger partial charge in [0.15, 0.2) is 15.9 Å². The number of nitrogens with one attached hydrogen (secondary N) is 4. The van der Waals surface area contributed by atoms with Gasteiger partial charge >= 0.3 is 6.09 Å². The molecule has 4 atom stereocenters. The van der Waals surface area contributed by atoms with Gasteiger partial charge in [-0.05, 0) is 48.8 Å². The minimum absolute atomic E-state index is 0.0137. The van der Waals surface area contributed by atoms with Crippen molar-refractivity contribution in [2.75, 3.05) is 6.54 Å². The first-order valence-electron chi connectivity index (χ1n) is 9.63. The first-order chi connectivity index (χ1) is 14.4. The predicted octanol–water partition coefficient (Wildman–Crippen LogP) is 0.109. The SMILES string of the molecule is O=C(OCc1ccccc1)N1C(=S)NC(=O)[C@@]12NC[C@@H]1CC[C@]3(NC(=S)NC3=O)[C@@H]12. The lowest BCUT2D eigenvalue weighted by Gasteiger charge is -2.41. The molecule has 3 heterocycles. The summed E-state index contributed by atoms with van der Waals surface area (Å²) in [6.07, 6.45) is 0.457. The number of amides is 3. The Balaban J connectivity index is 1.50. The summed E-state index contributed by atoms with van der Waals surface area (Å²) in [5, 5.41) is 11.7. The highest BCUT2D eigenvalue weighted by molar-refractivity contribution is 7.80. The van der Waals surface area contributed by atoms with E-state index in [9.17, 15) is 14.4 Å². The van der Waals surface area contributed by atoms with E-state index in [4.69, 9.17) is 29.2 Å². The van der Waals surface area contributed by atoms with Crippen molar-refractivity contribution in [3.05, 3.63) is 35.9 Å². The number of nitrogens with zero attached hydrogens (tertiary/aromatic N) is 1. The van der Waals surface area contributed by atoms with Crippen LogP contribution in [0.3, 0.4) is 0 Å². The van der Waals surface area contributed by atoms with E-state index in [0.29, 0.717) is 19.4 Å². The zero-order chi connectivity index (χ0) is 21.1. The van der Waals surface area contributed by atoms with Gasteiger partial charge in [0.2, 0.25) is 0 Å². The lowest BCUT2D eigenvalue weighted by molar-refractivity contribution is -0.134. The molecule has 0 radical (unpaired) electrons. The van der Waals surface area contributed by atoms with Crippen LogP contribution in [0.15, 0.2) is 30.3 Å². The predicted molar refractivity (Wildman–Crippen MR) is 113 cm³/mol. The number of fused-ring (bicyclic) bond motifs is 3. The molecule has 9 nitrogen and oxygen atoms in total. The molecule has 1 aliphatic carbocycles. The molecule has 1 aromatic carbocycles. The highest BCUT2D eigenvalue weighted by atomic mass is 32.1. The lowest BCUT2D eigenvalue weighted by atomic mass is 9.76. The Morgan fingerprint density at radius 3 is 2.63 bits per heavy atom. The molecular weight excluding hydrogens is 426 g/mol. The minimum atomic E-state index is -1.52. The highest BCUT2D eigenvalue weighted by Crippen LogP contribution is 2.53. The summed E-state index contributed by atoms with van der Waals surface area (Å²) in [5.41, 5.74) is -1.79. The molecule has 0 bridgehead atoms. The fraction of sp³-hybridized carbons (Fsp3) is 0.421. The molecule has 2 spiro atoms. The van der Waals surface area contributed by atoms with E-state index in [0.717, 1.165) is 10.5 Å². The summed E-state index contributed by atoms with van der Waals surface area (Å²) in [7, 11) is 0. The van der Waals surface area contributed by atoms with Crippen LogP contribution in [0.4, 0.5) is 4.79 Å². The zero-order valence-electron chi connectivity index (χ0n) is 15.8. The Morgan fingerprint density at radius 1 is 1.17 bits per heavy atom. The van der Waals surface area contributed by atoms with Gasteiger partial charge in [0.1, 0.15) is 12.1 Å². The number of rotatable bonds is 2. The van der Waals surface area contributed by atoms with Crippen LogP contribution in [0.5, 0.6) is 0 Å². The third-order valence-corrected chi connectivity index (χ3v) is 6.96. The smallest absolute Gasteiger partial charge is 0.418 e. The molecule has 11 heteroatoms. The fourth-order valence-electron chi connectivity index (χ4n) is 5.31. The maximum Gasteiger partial charge on any atom is 0.418 e. The van der Waals surface area contributed by atoms with Crippen molar-refractivity contribution >= 4 is 52.6 Å². The lowest BCUT2D eigenvalue weighted by Crippen LogP contribution is -2.69. The van der Waals surface area contributed by atoms with E-state index >= 15 is 0 Å². The van der Waals surface area contributed by atoms with Gasteiger partial charge in [-0.2, -0.15) is 0 Å². The van der Waals surface area contributed by atoms with Crippen LogP contribution >= 0.6 is 24.4 Å². The third-order valence-electron chi connectivity index (χ3n) is 6.47. The molecular formula is C19H19N5O4S2. The maximum absolute atomic E-state index is 13.2. The van der Waals surface area contributed by atoms with Crippen molar-refractivity contribution in [1.29, 1.82) is 0 Å². The van der Waals surface area contributed by atoms with Crippen molar-refractivity contribution in [3.8, 4) is 0 Å². The normalized spacial score (nSPS) is 34.3. The molecule has 3 amide bonds. The molecule has 156 valence electrons. The Labute approximate surface area is 182 Å². The van der Waals surface area contributed by atoms with Crippen LogP contribution in [-0.4, -0.2) is 50.8 Å². The number of ether oxygens (including phenoxy) is 1. The van der Waals surface area contributed by atoms with E-state index in [1.165, 1.54) is 0 Å². The van der Waals surface area contributed by atoms with Gasteiger partial charge in [0.25, 0.3) is 11.8 Å². The second-order valence-corrected chi connectivity index (χ2v) is 8.73. The van der Waals surface area contributed by atoms with Gasteiger partial charge in [-0.1, -0.05) is 30.3 Å². The first kappa shape index (κ1) is 19.3. The van der Waals surface area contributed by atoms with E-state index in [1.54, 1.807) is 0 Å². The fourth-order valence-corrected chi connectivity index (χ4v) is 5.90. The molecule has 1 saturated carbocycles. The quantitative estimate of drug-likeness (QED) is 0.475. The molecule has 4 N–H and O–H groups in total. The first-order valence-corrected chi connectivity index (χ1v) is 10.4. The van der Waals surface area contributed by atoms with E-state index in [2.05, 4.69) is 21.3 Å². The largest absolute Gasteiger partial charge is 0.444 e. The average Bonchev–Trinajstić information content (AvgIpc) is 3.41. The van der Waals surface area contributed by atoms with Crippen molar-refractivity contribution in [2.24, 2.45) is 11.8 Å². The van der Waals surface area contributed by atoms with Crippen LogP contribution in [0, 0.1) is 11.8 Å². The number of thiocarbonyl (C=S) groups is 2. The number of benzene rings is 1. The molecule has 1 aromatic rings. The van der Waals surface area contributed by atoms with Gasteiger partial charge in [-0.25, -0.2) is 9.69 Å². The summed E-state index contributed by atoms with van der Waals surface area (Å²) < 4.78 is 5.49. The molecule has 4 fully saturated rings. The van der Waals surface area contributed by atoms with Crippen molar-refractivity contribution in [1.82, 2.24) is 26.2 Å². The summed E-state index contributed by atoms with van der Waals surface area (Å²) in [4.78, 5) is 40.3. The molecule has 30 heavy (non-hydrogen) atoms. The summed E-state index contributed by atoms with van der Waals surface area (Å²) in [6, 6.07) is 9.21. The van der Waals surface area contributed by atoms with E-state index in [1.807, 2.05) is 30.3 Å². The van der Waals surface area contributed by atoms with Crippen LogP contribution in [0.1, 0.15) is 18.4 Å². The molecule has 3 saturated heterocycles. The molecule has 3 aliphatic heterocycles. The monoisotopic (exact) mass is 445 g/mol. The topological polar surface area (TPSA) is 112 Å². The van der Waals surface area contributed by atoms with Crippen LogP contribution < -0.4 is 21.3 Å². The minimum Gasteiger partial charge on any atom is -0.444 e. The highest BCUT2D eigenvalue weighted by Gasteiger charge is 2.74. The summed E-state index contributed by atoms with van der Waals surface area (Å²) in [5.74, 6) is -1.33. The standard InChI is InChI=1S/C19H19N5O4S2/c25-13-18(23-15(29)21-13)7-6-11-8-20-19(12(11)18)14(26)22-16(30)24(19)17(27)28-9-10-4-2-1-3-5-10/h1-5,11-12,20H,6-9H2,(H,22,26,30)(H2,21,23,25,29)/t11-,12+,18-,19-/m0/s1. The van der Waals surface area contributed by atoms with Gasteiger partial charge < -0.3 is 15.4 Å². The summed E-state index contributed by atoms with van der Waals surface area (Å²) in [6.45, 7) is 0.498. The third kappa shape index (κ3) is 2.52. The van der Waals surface area contributed by atoms with Gasteiger partial charge in [-0.15, -0.1) is 0 Å². The average molecular weight is 446 g/mol. The van der Waals surface area contributed by atoms with Crippen LogP contribution in [0.25, 0.3) is 0 Å². The maximum atomic E-state index is 13.2. The van der Waals surface area contributed by atoms with Gasteiger partial charge in [0, 0.05) is 12.5 Å².